The van der Waals surface area contributed by atoms with E-state index in [1.807, 2.05) is 20.8 Å². The third-order valence-electron chi connectivity index (χ3n) is 3.16. The van der Waals surface area contributed by atoms with Gasteiger partial charge in [-0.15, -0.1) is 0 Å². The molecule has 128 valence electrons. The molecule has 0 fully saturated rings. The predicted octanol–water partition coefficient (Wildman–Crippen LogP) is 1.70. The first-order valence-corrected chi connectivity index (χ1v) is 7.39. The molecule has 6 nitrogen and oxygen atoms in total. The minimum atomic E-state index is -0.739. The number of aldehydes is 1. The molecule has 2 unspecified atom stereocenters. The second kappa shape index (κ2) is 9.61. The van der Waals surface area contributed by atoms with E-state index in [-0.39, 0.29) is 5.91 Å². The van der Waals surface area contributed by atoms with E-state index < -0.39 is 23.5 Å². The quantitative estimate of drug-likeness (QED) is 0.470. The number of allylic oxidation sites excluding steroid dienone is 2. The van der Waals surface area contributed by atoms with Crippen LogP contribution in [-0.4, -0.2) is 36.9 Å². The fourth-order valence-electron chi connectivity index (χ4n) is 1.59. The molecule has 0 aromatic heterocycles. The van der Waals surface area contributed by atoms with Crippen LogP contribution in [0, 0.1) is 5.41 Å². The van der Waals surface area contributed by atoms with Gasteiger partial charge in [-0.05, 0) is 17.9 Å². The predicted molar refractivity (Wildman–Crippen MR) is 91.9 cm³/mol. The van der Waals surface area contributed by atoms with Crippen molar-refractivity contribution in [2.24, 2.45) is 5.41 Å². The van der Waals surface area contributed by atoms with Crippen LogP contribution in [0.5, 0.6) is 0 Å². The summed E-state index contributed by atoms with van der Waals surface area (Å²) in [6.07, 6.45) is 5.63. The van der Waals surface area contributed by atoms with Crippen LogP contribution in [0.25, 0.3) is 0 Å². The third-order valence-corrected chi connectivity index (χ3v) is 3.16. The Morgan fingerprint density at radius 3 is 2.22 bits per heavy atom. The first-order valence-electron chi connectivity index (χ1n) is 7.39. The number of amides is 3. The zero-order valence-electron chi connectivity index (χ0n) is 14.3. The zero-order chi connectivity index (χ0) is 18.0. The van der Waals surface area contributed by atoms with Crippen LogP contribution in [0.2, 0.25) is 0 Å². The highest BCUT2D eigenvalue weighted by atomic mass is 16.2. The van der Waals surface area contributed by atoms with Crippen molar-refractivity contribution in [1.82, 2.24) is 16.0 Å². The number of urea groups is 1. The molecule has 0 radical (unpaired) electrons. The monoisotopic (exact) mass is 321 g/mol. The van der Waals surface area contributed by atoms with E-state index in [4.69, 9.17) is 0 Å². The van der Waals surface area contributed by atoms with E-state index in [9.17, 15) is 14.4 Å². The second-order valence-electron chi connectivity index (χ2n) is 6.22. The number of carbonyl (C=O) groups excluding carboxylic acids is 3. The first-order chi connectivity index (χ1) is 10.6. The Balaban J connectivity index is 4.49. The van der Waals surface area contributed by atoms with E-state index in [1.54, 1.807) is 25.2 Å². The fourth-order valence-corrected chi connectivity index (χ4v) is 1.59. The van der Waals surface area contributed by atoms with Crippen LogP contribution < -0.4 is 16.0 Å². The highest BCUT2D eigenvalue weighted by Gasteiger charge is 2.26. The van der Waals surface area contributed by atoms with Gasteiger partial charge in [0.25, 0.3) is 0 Å². The molecular weight excluding hydrogens is 294 g/mol. The Kier molecular flexibility index (Phi) is 8.62. The van der Waals surface area contributed by atoms with Gasteiger partial charge in [-0.3, -0.25) is 4.79 Å². The molecule has 0 rings (SSSR count). The van der Waals surface area contributed by atoms with Gasteiger partial charge in [-0.2, -0.15) is 0 Å². The van der Waals surface area contributed by atoms with Gasteiger partial charge in [0.1, 0.15) is 12.3 Å². The van der Waals surface area contributed by atoms with Crippen LogP contribution in [0.4, 0.5) is 4.79 Å². The summed E-state index contributed by atoms with van der Waals surface area (Å²) in [7, 11) is 0. The average Bonchev–Trinajstić information content (AvgIpc) is 2.47. The minimum absolute atomic E-state index is 0.293. The summed E-state index contributed by atoms with van der Waals surface area (Å²) < 4.78 is 0. The van der Waals surface area contributed by atoms with E-state index in [0.717, 1.165) is 5.57 Å². The lowest BCUT2D eigenvalue weighted by Gasteiger charge is -2.27. The number of nitrogens with one attached hydrogen (secondary N) is 3. The van der Waals surface area contributed by atoms with E-state index in [1.165, 1.54) is 0 Å². The second-order valence-corrected chi connectivity index (χ2v) is 6.22. The normalized spacial score (nSPS) is 14.2. The van der Waals surface area contributed by atoms with Gasteiger partial charge in [0.05, 0.1) is 6.04 Å². The van der Waals surface area contributed by atoms with Gasteiger partial charge < -0.3 is 20.7 Å². The Morgan fingerprint density at radius 1 is 1.17 bits per heavy atom. The maximum atomic E-state index is 11.9. The van der Waals surface area contributed by atoms with Gasteiger partial charge in [-0.1, -0.05) is 52.2 Å². The average molecular weight is 321 g/mol. The van der Waals surface area contributed by atoms with E-state index in [2.05, 4.69) is 29.1 Å². The largest absolute Gasteiger partial charge is 0.350 e. The molecule has 6 heteroatoms. The molecule has 0 aromatic carbocycles. The van der Waals surface area contributed by atoms with Gasteiger partial charge in [0, 0.05) is 6.54 Å². The molecule has 3 N–H and O–H groups in total. The van der Waals surface area contributed by atoms with Crippen molar-refractivity contribution in [3.8, 4) is 0 Å². The zero-order valence-corrected chi connectivity index (χ0v) is 14.3. The van der Waals surface area contributed by atoms with Crippen LogP contribution in [-0.2, 0) is 9.59 Å². The molecule has 0 bridgehead atoms. The molecule has 0 aromatic rings. The maximum Gasteiger partial charge on any atom is 0.316 e. The maximum absolute atomic E-state index is 11.9. The van der Waals surface area contributed by atoms with Gasteiger partial charge in [0.2, 0.25) is 5.91 Å². The summed E-state index contributed by atoms with van der Waals surface area (Å²) in [5, 5.41) is 7.74. The molecular formula is C17H27N3O3. The van der Waals surface area contributed by atoms with Crippen molar-refractivity contribution in [3.63, 3.8) is 0 Å². The minimum Gasteiger partial charge on any atom is -0.350 e. The topological polar surface area (TPSA) is 87.3 Å². The molecule has 23 heavy (non-hydrogen) atoms. The van der Waals surface area contributed by atoms with Crippen LogP contribution in [0.1, 0.15) is 27.7 Å². The van der Waals surface area contributed by atoms with Crippen LogP contribution >= 0.6 is 0 Å². The van der Waals surface area contributed by atoms with Gasteiger partial charge in [-0.25, -0.2) is 4.79 Å². The van der Waals surface area contributed by atoms with Crippen molar-refractivity contribution < 1.29 is 14.4 Å². The molecule has 0 saturated heterocycles. The lowest BCUT2D eigenvalue weighted by molar-refractivity contribution is -0.122. The van der Waals surface area contributed by atoms with Crippen LogP contribution in [0.3, 0.4) is 0 Å². The molecule has 2 atom stereocenters. The molecule has 0 spiro atoms. The van der Waals surface area contributed by atoms with Gasteiger partial charge >= 0.3 is 6.03 Å². The van der Waals surface area contributed by atoms with E-state index >= 15 is 0 Å². The molecule has 0 aliphatic heterocycles. The standard InChI is InChI=1S/C17H27N3O3/c1-7-9-13(8-2)10-18-15(22)12(3)19-16(23)20-14(11-21)17(4,5)6/h7-9,11-12,14H,1-2,10H2,3-6H3,(H,18,22)(H2,19,20,23)/b13-9+. The Hall–Kier alpha value is -2.37. The fraction of sp³-hybridized carbons (Fsp3) is 0.471. The lowest BCUT2D eigenvalue weighted by Crippen LogP contribution is -2.53. The van der Waals surface area contributed by atoms with Gasteiger partial charge in [0.15, 0.2) is 0 Å². The lowest BCUT2D eigenvalue weighted by atomic mass is 9.88. The Labute approximate surface area is 138 Å². The first kappa shape index (κ1) is 20.6. The molecule has 0 heterocycles. The third kappa shape index (κ3) is 7.99. The Morgan fingerprint density at radius 2 is 1.78 bits per heavy atom. The molecule has 3 amide bonds. The summed E-state index contributed by atoms with van der Waals surface area (Å²) in [6.45, 7) is 14.6. The van der Waals surface area contributed by atoms with Crippen molar-refractivity contribution in [2.45, 2.75) is 39.8 Å². The van der Waals surface area contributed by atoms with Crippen molar-refractivity contribution in [3.05, 3.63) is 37.0 Å². The summed E-state index contributed by atoms with van der Waals surface area (Å²) in [4.78, 5) is 34.8. The highest BCUT2D eigenvalue weighted by molar-refractivity contribution is 5.87. The van der Waals surface area contributed by atoms with Crippen LogP contribution in [0.15, 0.2) is 37.0 Å². The SMILES string of the molecule is C=C/C=C(\C=C)CNC(=O)C(C)NC(=O)NC(C=O)C(C)(C)C. The number of rotatable bonds is 8. The molecule has 0 saturated carbocycles. The molecule has 0 aliphatic rings. The Bertz CT molecular complexity index is 490. The van der Waals surface area contributed by atoms with Crippen molar-refractivity contribution >= 4 is 18.2 Å². The molecule has 0 aliphatic carbocycles. The summed E-state index contributed by atoms with van der Waals surface area (Å²) >= 11 is 0. The number of hydrogen-bond donors (Lipinski definition) is 3. The highest BCUT2D eigenvalue weighted by Crippen LogP contribution is 2.17. The summed E-state index contributed by atoms with van der Waals surface area (Å²) in [6, 6.07) is -1.94. The van der Waals surface area contributed by atoms with E-state index in [0.29, 0.717) is 12.8 Å². The smallest absolute Gasteiger partial charge is 0.316 e. The van der Waals surface area contributed by atoms with Crippen molar-refractivity contribution in [1.29, 1.82) is 0 Å². The summed E-state index contributed by atoms with van der Waals surface area (Å²) in [5.74, 6) is -0.338. The number of carbonyl (C=O) groups is 3. The van der Waals surface area contributed by atoms with Crippen molar-refractivity contribution in [2.75, 3.05) is 6.54 Å². The summed E-state index contributed by atoms with van der Waals surface area (Å²) in [5.41, 5.74) is 0.401. The number of hydrogen-bond acceptors (Lipinski definition) is 3.